The third kappa shape index (κ3) is 4.46. The molecule has 2 saturated carbocycles. The van der Waals surface area contributed by atoms with Crippen LogP contribution in [-0.4, -0.2) is 53.1 Å². The molecule has 3 fully saturated rings. The van der Waals surface area contributed by atoms with Crippen LogP contribution in [0.15, 0.2) is 0 Å². The van der Waals surface area contributed by atoms with Gasteiger partial charge >= 0.3 is 0 Å². The number of likely N-dealkylation sites (tertiary alicyclic amines) is 1. The van der Waals surface area contributed by atoms with E-state index in [2.05, 4.69) is 24.0 Å². The average Bonchev–Trinajstić information content (AvgIpc) is 2.98. The molecule has 3 aliphatic rings. The molecule has 3 amide bonds. The predicted octanol–water partition coefficient (Wildman–Crippen LogP) is 1.36. The number of carbonyl (C=O) groups excluding carboxylic acids is 4. The maximum atomic E-state index is 13.4. The summed E-state index contributed by atoms with van der Waals surface area (Å²) in [6.45, 7) is 10.4. The molecule has 2 aliphatic carbocycles. The van der Waals surface area contributed by atoms with Crippen molar-refractivity contribution >= 4 is 35.3 Å². The largest absolute Gasteiger partial charge is 0.363 e. The molecule has 0 aromatic heterocycles. The Morgan fingerprint density at radius 2 is 1.81 bits per heavy atom. The van der Waals surface area contributed by atoms with Crippen molar-refractivity contribution in [3.8, 4) is 0 Å². The van der Waals surface area contributed by atoms with Gasteiger partial charge in [-0.2, -0.15) is 0 Å². The number of hydrogen-bond donors (Lipinski definition) is 3. The van der Waals surface area contributed by atoms with Crippen molar-refractivity contribution in [1.82, 2.24) is 15.1 Å². The van der Waals surface area contributed by atoms with E-state index in [4.69, 9.17) is 17.5 Å². The Morgan fingerprint density at radius 3 is 2.26 bits per heavy atom. The van der Waals surface area contributed by atoms with Crippen molar-refractivity contribution in [2.75, 3.05) is 6.54 Å². The topological polar surface area (TPSA) is 122 Å². The molecule has 0 bridgehead atoms. The number of halogens is 1. The molecule has 0 aromatic rings. The summed E-state index contributed by atoms with van der Waals surface area (Å²) in [4.78, 5) is 54.9. The number of Topliss-reactive ketones (excluding diaryl/α,β-unsaturated/α-hetero) is 1. The van der Waals surface area contributed by atoms with Gasteiger partial charge in [-0.1, -0.05) is 53.9 Å². The SMILES string of the molecule is CC(C)(C)C(NCl)C(=O)N1C[C@H]2[C@@H]([C@H]1C(=O)NC(CC1CCC1)C(=O)C(N)=O)C2(C)C. The van der Waals surface area contributed by atoms with Crippen LogP contribution in [0.3, 0.4) is 0 Å². The lowest BCUT2D eigenvalue weighted by Gasteiger charge is -2.37. The fraction of sp³-hybridized carbons (Fsp3) is 0.818. The first kappa shape index (κ1) is 24.0. The molecular formula is C22H35ClN4O4. The third-order valence-corrected chi connectivity index (χ3v) is 7.87. The molecule has 0 aromatic carbocycles. The summed E-state index contributed by atoms with van der Waals surface area (Å²) in [6, 6.07) is -2.31. The summed E-state index contributed by atoms with van der Waals surface area (Å²) in [6.07, 6.45) is 3.43. The van der Waals surface area contributed by atoms with Crippen LogP contribution in [-0.2, 0) is 19.2 Å². The Hall–Kier alpha value is -1.67. The molecule has 0 spiro atoms. The quantitative estimate of drug-likeness (QED) is 0.377. The van der Waals surface area contributed by atoms with Gasteiger partial charge in [0.25, 0.3) is 5.91 Å². The van der Waals surface area contributed by atoms with E-state index in [-0.39, 0.29) is 23.2 Å². The predicted molar refractivity (Wildman–Crippen MR) is 117 cm³/mol. The van der Waals surface area contributed by atoms with Crippen LogP contribution < -0.4 is 15.9 Å². The van der Waals surface area contributed by atoms with Crippen LogP contribution in [0.1, 0.15) is 60.3 Å². The second-order valence-electron chi connectivity index (χ2n) is 11.1. The maximum Gasteiger partial charge on any atom is 0.287 e. The minimum atomic E-state index is -1.05. The van der Waals surface area contributed by atoms with Gasteiger partial charge in [0.2, 0.25) is 17.6 Å². The number of amides is 3. The zero-order chi connectivity index (χ0) is 23.3. The highest BCUT2D eigenvalue weighted by molar-refractivity contribution is 6.37. The molecule has 1 aliphatic heterocycles. The van der Waals surface area contributed by atoms with E-state index in [1.54, 1.807) is 4.90 Å². The van der Waals surface area contributed by atoms with E-state index in [0.717, 1.165) is 19.3 Å². The van der Waals surface area contributed by atoms with Crippen molar-refractivity contribution in [3.63, 3.8) is 0 Å². The van der Waals surface area contributed by atoms with Crippen LogP contribution >= 0.6 is 11.8 Å². The lowest BCUT2D eigenvalue weighted by atomic mass is 9.80. The van der Waals surface area contributed by atoms with Crippen LogP contribution in [0.2, 0.25) is 0 Å². The first-order chi connectivity index (χ1) is 14.3. The molecule has 2 unspecified atom stereocenters. The van der Waals surface area contributed by atoms with Crippen LogP contribution in [0, 0.1) is 28.6 Å². The molecule has 5 atom stereocenters. The van der Waals surface area contributed by atoms with Crippen LogP contribution in [0.5, 0.6) is 0 Å². The summed E-state index contributed by atoms with van der Waals surface area (Å²) >= 11 is 5.90. The smallest absolute Gasteiger partial charge is 0.287 e. The molecule has 31 heavy (non-hydrogen) atoms. The van der Waals surface area contributed by atoms with Gasteiger partial charge in [-0.3, -0.25) is 19.2 Å². The first-order valence-corrected chi connectivity index (χ1v) is 11.5. The number of carbonyl (C=O) groups is 4. The van der Waals surface area contributed by atoms with Crippen molar-refractivity contribution in [2.24, 2.45) is 34.3 Å². The summed E-state index contributed by atoms with van der Waals surface area (Å²) in [7, 11) is 0. The summed E-state index contributed by atoms with van der Waals surface area (Å²) in [5.74, 6) is -1.95. The molecule has 4 N–H and O–H groups in total. The van der Waals surface area contributed by atoms with E-state index in [9.17, 15) is 19.2 Å². The van der Waals surface area contributed by atoms with Crippen LogP contribution in [0.4, 0.5) is 0 Å². The maximum absolute atomic E-state index is 13.4. The van der Waals surface area contributed by atoms with Gasteiger partial charge in [0, 0.05) is 6.54 Å². The highest BCUT2D eigenvalue weighted by Crippen LogP contribution is 2.65. The molecule has 1 saturated heterocycles. The van der Waals surface area contributed by atoms with E-state index < -0.39 is 41.1 Å². The number of ketones is 1. The van der Waals surface area contributed by atoms with Gasteiger partial charge < -0.3 is 16.0 Å². The zero-order valence-electron chi connectivity index (χ0n) is 19.0. The molecule has 174 valence electrons. The highest BCUT2D eigenvalue weighted by Gasteiger charge is 2.69. The Bertz CT molecular complexity index is 774. The molecule has 0 radical (unpaired) electrons. The molecule has 8 nitrogen and oxygen atoms in total. The van der Waals surface area contributed by atoms with Crippen molar-refractivity contribution in [3.05, 3.63) is 0 Å². The van der Waals surface area contributed by atoms with E-state index in [0.29, 0.717) is 18.9 Å². The van der Waals surface area contributed by atoms with Gasteiger partial charge in [-0.15, -0.1) is 0 Å². The summed E-state index contributed by atoms with van der Waals surface area (Å²) in [5.41, 5.74) is 4.72. The summed E-state index contributed by atoms with van der Waals surface area (Å²) < 4.78 is 0. The second-order valence-corrected chi connectivity index (χ2v) is 11.3. The third-order valence-electron chi connectivity index (χ3n) is 7.65. The van der Waals surface area contributed by atoms with Crippen molar-refractivity contribution in [2.45, 2.75) is 78.4 Å². The zero-order valence-corrected chi connectivity index (χ0v) is 19.8. The number of primary amides is 1. The number of hydrogen-bond acceptors (Lipinski definition) is 5. The Kier molecular flexibility index (Phi) is 6.46. The number of rotatable bonds is 8. The van der Waals surface area contributed by atoms with Gasteiger partial charge in [-0.25, -0.2) is 4.84 Å². The number of nitrogens with zero attached hydrogens (tertiary/aromatic N) is 1. The molecular weight excluding hydrogens is 420 g/mol. The van der Waals surface area contributed by atoms with E-state index >= 15 is 0 Å². The number of fused-ring (bicyclic) bond motifs is 1. The molecule has 1 heterocycles. The lowest BCUT2D eigenvalue weighted by Crippen LogP contribution is -2.59. The van der Waals surface area contributed by atoms with Crippen molar-refractivity contribution < 1.29 is 19.2 Å². The second kappa shape index (κ2) is 8.35. The average molecular weight is 455 g/mol. The van der Waals surface area contributed by atoms with Gasteiger partial charge in [-0.05, 0) is 46.8 Å². The minimum Gasteiger partial charge on any atom is -0.363 e. The molecule has 3 rings (SSSR count). The van der Waals surface area contributed by atoms with Gasteiger partial charge in [0.15, 0.2) is 0 Å². The van der Waals surface area contributed by atoms with E-state index in [1.165, 1.54) is 0 Å². The molecule has 9 heteroatoms. The monoisotopic (exact) mass is 454 g/mol. The normalized spacial score (nSPS) is 28.8. The van der Waals surface area contributed by atoms with Gasteiger partial charge in [0.05, 0.1) is 6.04 Å². The van der Waals surface area contributed by atoms with Gasteiger partial charge in [0.1, 0.15) is 12.1 Å². The van der Waals surface area contributed by atoms with Crippen LogP contribution in [0.25, 0.3) is 0 Å². The lowest BCUT2D eigenvalue weighted by molar-refractivity contribution is -0.145. The minimum absolute atomic E-state index is 0.000395. The standard InChI is InChI=1S/C22H35ClN4O4/c1-21(2,3)17(26-23)20(31)27-10-12-14(22(12,4)5)15(27)19(30)25-13(16(28)18(24)29)9-11-7-6-8-11/h11-15,17,26H,6-10H2,1-5H3,(H2,24,29)(H,25,30)/t12-,13?,14-,15-,17?/m0/s1. The fourth-order valence-electron chi connectivity index (χ4n) is 5.28. The summed E-state index contributed by atoms with van der Waals surface area (Å²) in [5, 5.41) is 2.78. The fourth-order valence-corrected chi connectivity index (χ4v) is 5.70. The Balaban J connectivity index is 1.81. The first-order valence-electron chi connectivity index (χ1n) is 11.1. The number of nitrogens with two attached hydrogens (primary N) is 1. The number of nitrogens with one attached hydrogen (secondary N) is 2. The van der Waals surface area contributed by atoms with E-state index in [1.807, 2.05) is 20.8 Å². The number of piperidine rings is 1. The highest BCUT2D eigenvalue weighted by atomic mass is 35.5. The Morgan fingerprint density at radius 1 is 1.19 bits per heavy atom. The Labute approximate surface area is 189 Å². The van der Waals surface area contributed by atoms with Crippen molar-refractivity contribution in [1.29, 1.82) is 0 Å².